The Hall–Kier alpha value is -2.00. The molecule has 1 N–H and O–H groups in total. The topological polar surface area (TPSA) is 86.1 Å². The zero-order chi connectivity index (χ0) is 15.0. The van der Waals surface area contributed by atoms with E-state index in [9.17, 15) is 4.79 Å². The van der Waals surface area contributed by atoms with Crippen molar-refractivity contribution in [3.63, 3.8) is 0 Å². The molecule has 0 saturated heterocycles. The predicted molar refractivity (Wildman–Crippen MR) is 78.5 cm³/mol. The van der Waals surface area contributed by atoms with Gasteiger partial charge < -0.3 is 5.11 Å². The second-order valence-electron chi connectivity index (χ2n) is 4.98. The van der Waals surface area contributed by atoms with Crippen LogP contribution in [0.5, 0.6) is 0 Å². The zero-order valence-electron chi connectivity index (χ0n) is 12.0. The Morgan fingerprint density at radius 1 is 1.35 bits per heavy atom. The normalized spacial score (nSPS) is 13.3. The molecule has 5 heteroatoms. The molecule has 0 aliphatic rings. The van der Waals surface area contributed by atoms with E-state index in [0.29, 0.717) is 18.8 Å². The van der Waals surface area contributed by atoms with E-state index in [4.69, 9.17) is 10.6 Å². The van der Waals surface area contributed by atoms with Gasteiger partial charge in [0.15, 0.2) is 0 Å². The number of nitrogens with zero attached hydrogens (tertiary/aromatic N) is 3. The number of rotatable bonds is 8. The van der Waals surface area contributed by atoms with Crippen LogP contribution >= 0.6 is 0 Å². The van der Waals surface area contributed by atoms with Gasteiger partial charge in [0.1, 0.15) is 0 Å². The van der Waals surface area contributed by atoms with Crippen LogP contribution in [-0.4, -0.2) is 11.1 Å². The van der Waals surface area contributed by atoms with Crippen LogP contribution < -0.4 is 0 Å². The Morgan fingerprint density at radius 3 is 2.45 bits per heavy atom. The van der Waals surface area contributed by atoms with Crippen LogP contribution in [0, 0.1) is 0 Å². The number of azide groups is 1. The Morgan fingerprint density at radius 2 is 1.95 bits per heavy atom. The van der Waals surface area contributed by atoms with Crippen LogP contribution in [0.15, 0.2) is 29.4 Å². The number of carboxylic acids is 1. The van der Waals surface area contributed by atoms with Gasteiger partial charge in [0.2, 0.25) is 0 Å². The molecule has 2 unspecified atom stereocenters. The van der Waals surface area contributed by atoms with E-state index < -0.39 is 5.97 Å². The van der Waals surface area contributed by atoms with Crippen LogP contribution in [-0.2, 0) is 4.79 Å². The van der Waals surface area contributed by atoms with E-state index in [1.54, 1.807) is 0 Å². The summed E-state index contributed by atoms with van der Waals surface area (Å²) in [6.07, 6.45) is 2.24. The van der Waals surface area contributed by atoms with E-state index in [1.165, 1.54) is 5.56 Å². The van der Waals surface area contributed by atoms with E-state index >= 15 is 0 Å². The fourth-order valence-corrected chi connectivity index (χ4v) is 2.08. The maximum Gasteiger partial charge on any atom is 0.303 e. The van der Waals surface area contributed by atoms with Gasteiger partial charge in [0.05, 0.1) is 6.04 Å². The first-order valence-corrected chi connectivity index (χ1v) is 6.94. The van der Waals surface area contributed by atoms with Gasteiger partial charge in [0.25, 0.3) is 0 Å². The first-order valence-electron chi connectivity index (χ1n) is 6.94. The highest BCUT2D eigenvalue weighted by Crippen LogP contribution is 2.26. The number of aliphatic carboxylic acids is 1. The van der Waals surface area contributed by atoms with E-state index in [-0.39, 0.29) is 12.5 Å². The molecule has 20 heavy (non-hydrogen) atoms. The molecule has 0 bridgehead atoms. The summed E-state index contributed by atoms with van der Waals surface area (Å²) in [5.41, 5.74) is 10.8. The molecule has 0 aliphatic heterocycles. The van der Waals surface area contributed by atoms with E-state index in [0.717, 1.165) is 12.0 Å². The highest BCUT2D eigenvalue weighted by atomic mass is 16.4. The number of hydrogen-bond donors (Lipinski definition) is 1. The molecule has 0 aromatic heterocycles. The van der Waals surface area contributed by atoms with Gasteiger partial charge in [-0.3, -0.25) is 4.79 Å². The molecule has 108 valence electrons. The van der Waals surface area contributed by atoms with E-state index in [1.807, 2.05) is 12.1 Å². The third kappa shape index (κ3) is 4.94. The number of hydrogen-bond acceptors (Lipinski definition) is 2. The first kappa shape index (κ1) is 16.1. The van der Waals surface area contributed by atoms with Crippen molar-refractivity contribution in [3.8, 4) is 0 Å². The second-order valence-corrected chi connectivity index (χ2v) is 4.98. The maximum absolute atomic E-state index is 10.5. The second kappa shape index (κ2) is 8.23. The molecule has 0 fully saturated rings. The van der Waals surface area contributed by atoms with Crippen LogP contribution in [0.4, 0.5) is 0 Å². The van der Waals surface area contributed by atoms with Gasteiger partial charge >= 0.3 is 5.97 Å². The van der Waals surface area contributed by atoms with Crippen LogP contribution in [0.1, 0.15) is 62.6 Å². The van der Waals surface area contributed by atoms with Crippen molar-refractivity contribution in [3.05, 3.63) is 45.8 Å². The lowest BCUT2D eigenvalue weighted by Crippen LogP contribution is -2.00. The quantitative estimate of drug-likeness (QED) is 0.419. The summed E-state index contributed by atoms with van der Waals surface area (Å²) in [7, 11) is 0. The lowest BCUT2D eigenvalue weighted by atomic mass is 9.95. The summed E-state index contributed by atoms with van der Waals surface area (Å²) in [6, 6.07) is 7.77. The molecule has 0 radical (unpaired) electrons. The highest BCUT2D eigenvalue weighted by Gasteiger charge is 2.11. The molecular formula is C15H21N3O2. The minimum atomic E-state index is -0.822. The standard InChI is InChI=1S/C15H21N3O2/c1-3-11(2)12-7-9-13(10-8-12)14(17-18-16)5-4-6-15(19)20/h7-11,14H,3-6H2,1-2H3,(H,19,20). The average molecular weight is 275 g/mol. The monoisotopic (exact) mass is 275 g/mol. The first-order chi connectivity index (χ1) is 9.58. The Balaban J connectivity index is 2.76. The van der Waals surface area contributed by atoms with Crippen LogP contribution in [0.25, 0.3) is 10.4 Å². The van der Waals surface area contributed by atoms with Crippen molar-refractivity contribution in [1.29, 1.82) is 0 Å². The van der Waals surface area contributed by atoms with E-state index in [2.05, 4.69) is 36.0 Å². The summed E-state index contributed by atoms with van der Waals surface area (Å²) in [5.74, 6) is -0.314. The lowest BCUT2D eigenvalue weighted by Gasteiger charge is -2.13. The molecule has 0 spiro atoms. The smallest absolute Gasteiger partial charge is 0.303 e. The summed E-state index contributed by atoms with van der Waals surface area (Å²) in [6.45, 7) is 4.32. The average Bonchev–Trinajstić information content (AvgIpc) is 2.45. The molecule has 2 atom stereocenters. The van der Waals surface area contributed by atoms with Crippen molar-refractivity contribution >= 4 is 5.97 Å². The molecule has 1 rings (SSSR count). The summed E-state index contributed by atoms with van der Waals surface area (Å²) >= 11 is 0. The zero-order valence-corrected chi connectivity index (χ0v) is 12.0. The molecule has 0 aliphatic carbocycles. The molecule has 1 aromatic rings. The molecule has 1 aromatic carbocycles. The Kier molecular flexibility index (Phi) is 6.60. The van der Waals surface area contributed by atoms with Crippen molar-refractivity contribution in [1.82, 2.24) is 0 Å². The highest BCUT2D eigenvalue weighted by molar-refractivity contribution is 5.66. The number of carbonyl (C=O) groups is 1. The van der Waals surface area contributed by atoms with Gasteiger partial charge in [-0.25, -0.2) is 0 Å². The maximum atomic E-state index is 10.5. The van der Waals surface area contributed by atoms with Crippen molar-refractivity contribution < 1.29 is 9.90 Å². The molecule has 0 saturated carbocycles. The van der Waals surface area contributed by atoms with Crippen molar-refractivity contribution in [2.45, 2.75) is 51.5 Å². The Bertz CT molecular complexity index is 478. The lowest BCUT2D eigenvalue weighted by molar-refractivity contribution is -0.137. The number of carboxylic acid groups (broad SMARTS) is 1. The van der Waals surface area contributed by atoms with Gasteiger partial charge in [-0.1, -0.05) is 43.2 Å². The van der Waals surface area contributed by atoms with Gasteiger partial charge in [0, 0.05) is 11.3 Å². The van der Waals surface area contributed by atoms with Crippen LogP contribution in [0.3, 0.4) is 0 Å². The van der Waals surface area contributed by atoms with Gasteiger partial charge in [-0.2, -0.15) is 0 Å². The summed E-state index contributed by atoms with van der Waals surface area (Å²) in [4.78, 5) is 13.4. The minimum absolute atomic E-state index is 0.0996. The fraction of sp³-hybridized carbons (Fsp3) is 0.533. The van der Waals surface area contributed by atoms with Crippen molar-refractivity contribution in [2.24, 2.45) is 5.11 Å². The Labute approximate surface area is 119 Å². The molecule has 5 nitrogen and oxygen atoms in total. The molecule has 0 amide bonds. The predicted octanol–water partition coefficient (Wildman–Crippen LogP) is 4.81. The van der Waals surface area contributed by atoms with Gasteiger partial charge in [-0.05, 0) is 41.8 Å². The third-order valence-electron chi connectivity index (χ3n) is 3.56. The van der Waals surface area contributed by atoms with Crippen LogP contribution in [0.2, 0.25) is 0 Å². The minimum Gasteiger partial charge on any atom is -0.481 e. The fourth-order valence-electron chi connectivity index (χ4n) is 2.08. The SMILES string of the molecule is CCC(C)c1ccc(C(CCCC(=O)O)N=[N+]=[N-])cc1. The number of benzene rings is 1. The molecule has 0 heterocycles. The summed E-state index contributed by atoms with van der Waals surface area (Å²) in [5, 5.41) is 12.4. The van der Waals surface area contributed by atoms with Crippen molar-refractivity contribution in [2.75, 3.05) is 0 Å². The molecular weight excluding hydrogens is 254 g/mol. The van der Waals surface area contributed by atoms with Gasteiger partial charge in [-0.15, -0.1) is 0 Å². The third-order valence-corrected chi connectivity index (χ3v) is 3.56. The summed E-state index contributed by atoms with van der Waals surface area (Å²) < 4.78 is 0. The largest absolute Gasteiger partial charge is 0.481 e.